The molecule has 12 heteroatoms. The quantitative estimate of drug-likeness (QED) is 0.398. The number of carbonyl (C=O) groups is 1. The summed E-state index contributed by atoms with van der Waals surface area (Å²) in [6, 6.07) is 8.49. The first-order chi connectivity index (χ1) is 19.1. The van der Waals surface area contributed by atoms with Crippen LogP contribution in [0.25, 0.3) is 0 Å². The lowest BCUT2D eigenvalue weighted by Crippen LogP contribution is -2.41. The van der Waals surface area contributed by atoms with E-state index >= 15 is 0 Å². The number of para-hydroxylation sites is 1. The van der Waals surface area contributed by atoms with E-state index in [4.69, 9.17) is 21.1 Å². The molecule has 0 saturated carbocycles. The number of amides is 1. The summed E-state index contributed by atoms with van der Waals surface area (Å²) >= 11 is 6.41. The Morgan fingerprint density at radius 1 is 1.15 bits per heavy atom. The van der Waals surface area contributed by atoms with E-state index in [0.717, 1.165) is 11.1 Å². The number of nitrogens with zero attached hydrogens (tertiary/aromatic N) is 3. The number of ether oxygens (including phenoxy) is 2. The Hall–Kier alpha value is -3.41. The summed E-state index contributed by atoms with van der Waals surface area (Å²) in [6.45, 7) is 9.30. The smallest absolute Gasteiger partial charge is 0.254 e. The molecule has 10 nitrogen and oxygen atoms in total. The predicted molar refractivity (Wildman–Crippen MR) is 154 cm³/mol. The molecule has 212 valence electrons. The van der Waals surface area contributed by atoms with Crippen molar-refractivity contribution < 1.29 is 22.7 Å². The summed E-state index contributed by atoms with van der Waals surface area (Å²) in [5, 5.41) is 5.91. The summed E-state index contributed by atoms with van der Waals surface area (Å²) in [6.07, 6.45) is 1.94. The van der Waals surface area contributed by atoms with Crippen LogP contribution in [0, 0.1) is 6.92 Å². The zero-order valence-electron chi connectivity index (χ0n) is 22.8. The van der Waals surface area contributed by atoms with Crippen LogP contribution in [0.5, 0.6) is 5.75 Å². The first-order valence-corrected chi connectivity index (χ1v) is 15.1. The Morgan fingerprint density at radius 2 is 1.88 bits per heavy atom. The Kier molecular flexibility index (Phi) is 7.89. The van der Waals surface area contributed by atoms with Crippen LogP contribution in [0.1, 0.15) is 42.3 Å². The van der Waals surface area contributed by atoms with Crippen molar-refractivity contribution in [2.45, 2.75) is 50.4 Å². The van der Waals surface area contributed by atoms with Gasteiger partial charge in [0.1, 0.15) is 16.9 Å². The van der Waals surface area contributed by atoms with Crippen molar-refractivity contribution in [3.05, 3.63) is 58.2 Å². The third-order valence-electron chi connectivity index (χ3n) is 6.96. The monoisotopic (exact) mass is 585 g/mol. The van der Waals surface area contributed by atoms with Crippen molar-refractivity contribution in [3.63, 3.8) is 0 Å². The van der Waals surface area contributed by atoms with Crippen molar-refractivity contribution in [1.29, 1.82) is 0 Å². The number of halogens is 1. The van der Waals surface area contributed by atoms with Gasteiger partial charge in [-0.2, -0.15) is 4.98 Å². The summed E-state index contributed by atoms with van der Waals surface area (Å²) in [4.78, 5) is 24.3. The van der Waals surface area contributed by atoms with Gasteiger partial charge in [-0.3, -0.25) is 4.79 Å². The highest BCUT2D eigenvalue weighted by Gasteiger charge is 2.32. The van der Waals surface area contributed by atoms with Gasteiger partial charge in [-0.1, -0.05) is 23.7 Å². The van der Waals surface area contributed by atoms with E-state index in [1.807, 2.05) is 24.8 Å². The molecule has 2 aliphatic rings. The van der Waals surface area contributed by atoms with Gasteiger partial charge in [0.15, 0.2) is 15.7 Å². The van der Waals surface area contributed by atoms with Crippen LogP contribution >= 0.6 is 11.6 Å². The lowest BCUT2D eigenvalue weighted by molar-refractivity contribution is 0.0301. The van der Waals surface area contributed by atoms with Gasteiger partial charge in [0, 0.05) is 30.6 Å². The Labute approximate surface area is 239 Å². The third kappa shape index (κ3) is 5.45. The maximum absolute atomic E-state index is 13.5. The van der Waals surface area contributed by atoms with Crippen LogP contribution in [0.4, 0.5) is 23.1 Å². The number of anilines is 4. The molecular formula is C28H32ClN5O5S. The number of morpholine rings is 1. The summed E-state index contributed by atoms with van der Waals surface area (Å²) < 4.78 is 37.4. The normalized spacial score (nSPS) is 16.9. The Morgan fingerprint density at radius 3 is 2.60 bits per heavy atom. The third-order valence-corrected chi connectivity index (χ3v) is 9.44. The molecule has 0 bridgehead atoms. The van der Waals surface area contributed by atoms with Gasteiger partial charge < -0.3 is 25.0 Å². The number of benzene rings is 2. The number of aryl methyl sites for hydroxylation is 1. The number of fused-ring (bicyclic) bond motifs is 1. The van der Waals surface area contributed by atoms with Gasteiger partial charge in [-0.15, -0.1) is 0 Å². The minimum atomic E-state index is -3.55. The topological polar surface area (TPSA) is 123 Å². The highest BCUT2D eigenvalue weighted by molar-refractivity contribution is 7.92. The minimum absolute atomic E-state index is 0.0226. The molecule has 1 fully saturated rings. The molecule has 1 unspecified atom stereocenters. The number of hydrogen-bond donors (Lipinski definition) is 2. The van der Waals surface area contributed by atoms with Crippen LogP contribution in [0.2, 0.25) is 5.02 Å². The van der Waals surface area contributed by atoms with Gasteiger partial charge in [0.25, 0.3) is 5.91 Å². The van der Waals surface area contributed by atoms with Crippen LogP contribution in [-0.4, -0.2) is 66.9 Å². The molecule has 0 spiro atoms. The average molecular weight is 586 g/mol. The zero-order valence-corrected chi connectivity index (χ0v) is 24.4. The number of carbonyl (C=O) groups excluding carboxylic acids is 1. The van der Waals surface area contributed by atoms with Crippen LogP contribution in [0.3, 0.4) is 0 Å². The number of sulfone groups is 1. The minimum Gasteiger partial charge on any atom is -0.488 e. The van der Waals surface area contributed by atoms with E-state index < -0.39 is 15.1 Å². The molecule has 2 aromatic carbocycles. The summed E-state index contributed by atoms with van der Waals surface area (Å²) in [7, 11) is -3.55. The molecule has 1 atom stereocenters. The largest absolute Gasteiger partial charge is 0.488 e. The van der Waals surface area contributed by atoms with Gasteiger partial charge >= 0.3 is 0 Å². The molecular weight excluding hydrogens is 554 g/mol. The van der Waals surface area contributed by atoms with E-state index in [1.165, 1.54) is 6.20 Å². The lowest BCUT2D eigenvalue weighted by atomic mass is 9.96. The molecule has 5 rings (SSSR count). The van der Waals surface area contributed by atoms with Gasteiger partial charge in [0.05, 0.1) is 40.9 Å². The van der Waals surface area contributed by atoms with Crippen molar-refractivity contribution in [3.8, 4) is 5.75 Å². The summed E-state index contributed by atoms with van der Waals surface area (Å²) in [5.74, 6) is 1.04. The van der Waals surface area contributed by atoms with E-state index in [2.05, 4.69) is 20.6 Å². The second kappa shape index (κ2) is 11.2. The standard InChI is InChI=1S/C28H32ClN5O5S/c1-16(2)40(36,37)23-8-6-5-7-21(23)31-26-20(29)15-30-28(33-26)32-22-13-17(3)24(19-14-18(4)39-25(19)22)27(35)34-9-11-38-12-10-34/h5-8,13,15-16,18H,9-12,14H2,1-4H3,(H2,30,31,32,33). The maximum Gasteiger partial charge on any atom is 0.254 e. The van der Waals surface area contributed by atoms with Crippen molar-refractivity contribution >= 4 is 50.5 Å². The molecule has 1 saturated heterocycles. The van der Waals surface area contributed by atoms with E-state index in [-0.39, 0.29) is 33.7 Å². The van der Waals surface area contributed by atoms with E-state index in [9.17, 15) is 13.2 Å². The van der Waals surface area contributed by atoms with Crippen molar-refractivity contribution in [1.82, 2.24) is 14.9 Å². The predicted octanol–water partition coefficient (Wildman–Crippen LogP) is 4.90. The number of nitrogens with one attached hydrogen (secondary N) is 2. The molecule has 3 aromatic rings. The van der Waals surface area contributed by atoms with Gasteiger partial charge in [0.2, 0.25) is 5.95 Å². The molecule has 0 aliphatic carbocycles. The van der Waals surface area contributed by atoms with Crippen LogP contribution < -0.4 is 15.4 Å². The number of rotatable bonds is 7. The van der Waals surface area contributed by atoms with Crippen molar-refractivity contribution in [2.24, 2.45) is 0 Å². The van der Waals surface area contributed by atoms with Crippen LogP contribution in [0.15, 0.2) is 41.4 Å². The molecule has 1 aromatic heterocycles. The van der Waals surface area contributed by atoms with E-state index in [0.29, 0.717) is 55.4 Å². The molecule has 3 heterocycles. The first kappa shape index (κ1) is 28.1. The molecule has 0 radical (unpaired) electrons. The number of hydrogen-bond acceptors (Lipinski definition) is 9. The average Bonchev–Trinajstić information content (AvgIpc) is 3.32. The lowest BCUT2D eigenvalue weighted by Gasteiger charge is -2.28. The fourth-order valence-electron chi connectivity index (χ4n) is 4.88. The highest BCUT2D eigenvalue weighted by atomic mass is 35.5. The second-order valence-electron chi connectivity index (χ2n) is 10.2. The second-order valence-corrected chi connectivity index (χ2v) is 13.1. The Balaban J connectivity index is 1.47. The van der Waals surface area contributed by atoms with Crippen LogP contribution in [-0.2, 0) is 21.0 Å². The van der Waals surface area contributed by atoms with E-state index in [1.54, 1.807) is 38.1 Å². The molecule has 1 amide bonds. The molecule has 2 aliphatic heterocycles. The van der Waals surface area contributed by atoms with Crippen molar-refractivity contribution in [2.75, 3.05) is 36.9 Å². The number of aromatic nitrogens is 2. The van der Waals surface area contributed by atoms with Gasteiger partial charge in [-0.05, 0) is 51.5 Å². The highest BCUT2D eigenvalue weighted by Crippen LogP contribution is 2.42. The molecule has 2 N–H and O–H groups in total. The SMILES string of the molecule is Cc1cc(Nc2ncc(Cl)c(Nc3ccccc3S(=O)(=O)C(C)C)n2)c2c(c1C(=O)N1CCOCC1)CC(C)O2. The fraction of sp³-hybridized carbons (Fsp3) is 0.393. The summed E-state index contributed by atoms with van der Waals surface area (Å²) in [5.41, 5.74) is 3.32. The van der Waals surface area contributed by atoms with Gasteiger partial charge in [-0.25, -0.2) is 13.4 Å². The zero-order chi connectivity index (χ0) is 28.6. The fourth-order valence-corrected chi connectivity index (χ4v) is 6.22. The maximum atomic E-state index is 13.5. The molecule has 40 heavy (non-hydrogen) atoms. The first-order valence-electron chi connectivity index (χ1n) is 13.2. The Bertz CT molecular complexity index is 1560.